The summed E-state index contributed by atoms with van der Waals surface area (Å²) in [5, 5.41) is 3.89. The van der Waals surface area contributed by atoms with Crippen LogP contribution >= 0.6 is 11.3 Å². The summed E-state index contributed by atoms with van der Waals surface area (Å²) in [4.78, 5) is 39.8. The van der Waals surface area contributed by atoms with Gasteiger partial charge in [0, 0.05) is 38.6 Å². The minimum Gasteiger partial charge on any atom is -0.331 e. The average molecular weight is 607 g/mol. The number of sulfonamides is 1. The summed E-state index contributed by atoms with van der Waals surface area (Å²) >= 11 is 1.42. The second kappa shape index (κ2) is 10.4. The number of aryl methyl sites for hydroxylation is 1. The van der Waals surface area contributed by atoms with Gasteiger partial charge in [-0.25, -0.2) is 18.4 Å². The molecule has 1 aliphatic carbocycles. The number of aromatic nitrogens is 2. The number of hydrogen-bond donors (Lipinski definition) is 1. The number of carbonyl (C=O) groups is 2. The predicted molar refractivity (Wildman–Crippen MR) is 161 cm³/mol. The molecule has 4 aliphatic rings. The van der Waals surface area contributed by atoms with E-state index in [2.05, 4.69) is 17.2 Å². The zero-order valence-corrected chi connectivity index (χ0v) is 25.4. The van der Waals surface area contributed by atoms with Gasteiger partial charge in [0.2, 0.25) is 15.9 Å². The number of pyridine rings is 1. The standard InChI is InChI=1S/C30H34N6O4S2/c1-18-28(41-30(31-18)33-24-7-5-8-25(32-24)35-14-6-9-26(35)37)21-15-22-17-36(19(2)20-10-11-20)29(38)27(22)23(16-21)42(39,40)34-12-3-4-13-34/h5,7-8,15-16,19-20H,3-4,6,9-14,17H2,1-2H3,(H,31,32,33). The highest BCUT2D eigenvalue weighted by Crippen LogP contribution is 2.43. The summed E-state index contributed by atoms with van der Waals surface area (Å²) in [7, 11) is -3.84. The lowest BCUT2D eigenvalue weighted by Gasteiger charge is -2.24. The van der Waals surface area contributed by atoms with Crippen LogP contribution in [0.4, 0.5) is 16.8 Å². The zero-order valence-electron chi connectivity index (χ0n) is 23.8. The number of benzene rings is 1. The first-order valence-electron chi connectivity index (χ1n) is 14.7. The van der Waals surface area contributed by atoms with E-state index in [1.54, 1.807) is 11.0 Å². The van der Waals surface area contributed by atoms with Crippen molar-refractivity contribution in [2.24, 2.45) is 5.92 Å². The van der Waals surface area contributed by atoms with Crippen LogP contribution in [0.5, 0.6) is 0 Å². The largest absolute Gasteiger partial charge is 0.331 e. The molecule has 2 aromatic heterocycles. The maximum Gasteiger partial charge on any atom is 0.256 e. The van der Waals surface area contributed by atoms with Crippen LogP contribution in [-0.2, 0) is 21.4 Å². The van der Waals surface area contributed by atoms with Crippen molar-refractivity contribution in [3.63, 3.8) is 0 Å². The maximum absolute atomic E-state index is 13.9. The molecule has 5 heterocycles. The molecule has 3 fully saturated rings. The van der Waals surface area contributed by atoms with Crippen LogP contribution in [-0.4, -0.2) is 65.1 Å². The van der Waals surface area contributed by atoms with E-state index in [0.717, 1.165) is 53.8 Å². The molecule has 3 aromatic rings. The highest BCUT2D eigenvalue weighted by atomic mass is 32.2. The molecule has 10 nitrogen and oxygen atoms in total. The van der Waals surface area contributed by atoms with Gasteiger partial charge in [0.1, 0.15) is 11.6 Å². The van der Waals surface area contributed by atoms with Crippen LogP contribution in [0.15, 0.2) is 35.2 Å². The van der Waals surface area contributed by atoms with Crippen molar-refractivity contribution in [1.29, 1.82) is 0 Å². The van der Waals surface area contributed by atoms with Gasteiger partial charge in [-0.3, -0.25) is 14.5 Å². The molecule has 12 heteroatoms. The van der Waals surface area contributed by atoms with Crippen LogP contribution in [0.3, 0.4) is 0 Å². The highest BCUT2D eigenvalue weighted by molar-refractivity contribution is 7.89. The van der Waals surface area contributed by atoms with Crippen LogP contribution in [0.1, 0.15) is 67.1 Å². The third-order valence-electron chi connectivity index (χ3n) is 8.86. The lowest BCUT2D eigenvalue weighted by Crippen LogP contribution is -2.35. The number of hydrogen-bond acceptors (Lipinski definition) is 8. The number of nitrogens with zero attached hydrogens (tertiary/aromatic N) is 5. The monoisotopic (exact) mass is 606 g/mol. The van der Waals surface area contributed by atoms with E-state index in [4.69, 9.17) is 4.98 Å². The summed E-state index contributed by atoms with van der Waals surface area (Å²) in [5.41, 5.74) is 2.59. The zero-order chi connectivity index (χ0) is 29.2. The van der Waals surface area contributed by atoms with Gasteiger partial charge in [-0.05, 0) is 87.3 Å². The average Bonchev–Trinajstić information content (AvgIpc) is 3.28. The van der Waals surface area contributed by atoms with Crippen molar-refractivity contribution < 1.29 is 18.0 Å². The molecule has 42 heavy (non-hydrogen) atoms. The van der Waals surface area contributed by atoms with Gasteiger partial charge in [0.25, 0.3) is 5.91 Å². The molecule has 1 saturated carbocycles. The topological polar surface area (TPSA) is 116 Å². The molecule has 0 bridgehead atoms. The lowest BCUT2D eigenvalue weighted by atomic mass is 10.0. The van der Waals surface area contributed by atoms with E-state index in [0.29, 0.717) is 60.8 Å². The Bertz CT molecular complexity index is 1690. The van der Waals surface area contributed by atoms with Crippen molar-refractivity contribution in [2.75, 3.05) is 29.9 Å². The van der Waals surface area contributed by atoms with Crippen LogP contribution in [0.2, 0.25) is 0 Å². The van der Waals surface area contributed by atoms with Gasteiger partial charge in [0.05, 0.1) is 21.0 Å². The molecule has 0 spiro atoms. The van der Waals surface area contributed by atoms with Crippen LogP contribution in [0, 0.1) is 12.8 Å². The minimum atomic E-state index is -3.84. The second-order valence-electron chi connectivity index (χ2n) is 11.7. The van der Waals surface area contributed by atoms with E-state index in [9.17, 15) is 18.0 Å². The molecular formula is C30H34N6O4S2. The summed E-state index contributed by atoms with van der Waals surface area (Å²) in [5.74, 6) is 1.57. The highest BCUT2D eigenvalue weighted by Gasteiger charge is 2.42. The maximum atomic E-state index is 13.9. The summed E-state index contributed by atoms with van der Waals surface area (Å²) < 4.78 is 29.4. The fourth-order valence-corrected chi connectivity index (χ4v) is 9.09. The Kier molecular flexibility index (Phi) is 6.82. The van der Waals surface area contributed by atoms with Crippen LogP contribution in [0.25, 0.3) is 10.4 Å². The fraction of sp³-hybridized carbons (Fsp3) is 0.467. The second-order valence-corrected chi connectivity index (χ2v) is 14.6. The Hall–Kier alpha value is -3.35. The van der Waals surface area contributed by atoms with Crippen molar-refractivity contribution in [1.82, 2.24) is 19.2 Å². The van der Waals surface area contributed by atoms with Crippen molar-refractivity contribution >= 4 is 49.9 Å². The van der Waals surface area contributed by atoms with E-state index in [-0.39, 0.29) is 22.8 Å². The molecule has 1 atom stereocenters. The SMILES string of the molecule is Cc1nc(Nc2cccc(N3CCCC3=O)n2)sc1-c1cc2c(c(S(=O)(=O)N3CCCC3)c1)C(=O)N(C(C)C1CC1)C2. The first-order valence-corrected chi connectivity index (χ1v) is 17.0. The fourth-order valence-electron chi connectivity index (χ4n) is 6.36. The van der Waals surface area contributed by atoms with E-state index in [1.165, 1.54) is 15.6 Å². The van der Waals surface area contributed by atoms with E-state index in [1.807, 2.05) is 36.1 Å². The third-order valence-corrected chi connectivity index (χ3v) is 11.9. The van der Waals surface area contributed by atoms with E-state index >= 15 is 0 Å². The van der Waals surface area contributed by atoms with Crippen molar-refractivity contribution in [2.45, 2.75) is 69.9 Å². The molecule has 1 aromatic carbocycles. The Balaban J connectivity index is 1.24. The number of nitrogens with one attached hydrogen (secondary N) is 1. The molecular weight excluding hydrogens is 573 g/mol. The summed E-state index contributed by atoms with van der Waals surface area (Å²) in [6.45, 7) is 6.00. The molecule has 1 unspecified atom stereocenters. The Labute approximate surface area is 249 Å². The van der Waals surface area contributed by atoms with Crippen molar-refractivity contribution in [3.05, 3.63) is 47.2 Å². The van der Waals surface area contributed by atoms with E-state index < -0.39 is 10.0 Å². The smallest absolute Gasteiger partial charge is 0.256 e. The first kappa shape index (κ1) is 27.5. The van der Waals surface area contributed by atoms with Gasteiger partial charge in [-0.15, -0.1) is 0 Å². The molecule has 2 amide bonds. The molecule has 2 saturated heterocycles. The minimum absolute atomic E-state index is 0.0758. The number of thiazole rings is 1. The van der Waals surface area contributed by atoms with Gasteiger partial charge in [-0.1, -0.05) is 17.4 Å². The Morgan fingerprint density at radius 3 is 2.55 bits per heavy atom. The van der Waals surface area contributed by atoms with Gasteiger partial charge in [-0.2, -0.15) is 4.31 Å². The molecule has 7 rings (SSSR count). The van der Waals surface area contributed by atoms with Crippen molar-refractivity contribution in [3.8, 4) is 10.4 Å². The molecule has 3 aliphatic heterocycles. The third kappa shape index (κ3) is 4.79. The summed E-state index contributed by atoms with van der Waals surface area (Å²) in [6.07, 6.45) is 5.22. The molecule has 0 radical (unpaired) electrons. The lowest BCUT2D eigenvalue weighted by molar-refractivity contribution is -0.117. The Morgan fingerprint density at radius 1 is 1.05 bits per heavy atom. The van der Waals surface area contributed by atoms with Gasteiger partial charge in [0.15, 0.2) is 5.13 Å². The number of amides is 2. The number of fused-ring (bicyclic) bond motifs is 1. The van der Waals surface area contributed by atoms with Crippen LogP contribution < -0.4 is 10.2 Å². The Morgan fingerprint density at radius 2 is 1.83 bits per heavy atom. The number of carbonyl (C=O) groups excluding carboxylic acids is 2. The predicted octanol–water partition coefficient (Wildman–Crippen LogP) is 4.92. The molecule has 1 N–H and O–H groups in total. The normalized spacial score (nSPS) is 20.0. The van der Waals surface area contributed by atoms with Gasteiger partial charge < -0.3 is 10.2 Å². The molecule has 220 valence electrons. The summed E-state index contributed by atoms with van der Waals surface area (Å²) in [6, 6.07) is 9.25. The number of rotatable bonds is 8. The number of anilines is 3. The quantitative estimate of drug-likeness (QED) is 0.387. The first-order chi connectivity index (χ1) is 20.2. The van der Waals surface area contributed by atoms with Gasteiger partial charge >= 0.3 is 0 Å².